The van der Waals surface area contributed by atoms with Gasteiger partial charge in [0.2, 0.25) is 0 Å². The van der Waals surface area contributed by atoms with Gasteiger partial charge in [0.1, 0.15) is 11.9 Å². The van der Waals surface area contributed by atoms with E-state index in [0.717, 1.165) is 5.69 Å². The molecule has 0 fully saturated rings. The monoisotopic (exact) mass is 265 g/mol. The fourth-order valence-corrected chi connectivity index (χ4v) is 2.15. The van der Waals surface area contributed by atoms with Crippen molar-refractivity contribution in [2.75, 3.05) is 11.9 Å². The van der Waals surface area contributed by atoms with Gasteiger partial charge in [0.05, 0.1) is 23.7 Å². The second-order valence-electron chi connectivity index (χ2n) is 4.59. The summed E-state index contributed by atoms with van der Waals surface area (Å²) >= 11 is 0. The summed E-state index contributed by atoms with van der Waals surface area (Å²) in [5.74, 6) is -1.57. The molecule has 0 amide bonds. The fourth-order valence-electron chi connectivity index (χ4n) is 2.15. The number of carboxylic acid groups (broad SMARTS) is 2. The number of anilines is 1. The van der Waals surface area contributed by atoms with Crippen LogP contribution in [0.4, 0.5) is 5.69 Å². The Bertz CT molecular complexity index is 528. The van der Waals surface area contributed by atoms with E-state index in [0.29, 0.717) is 5.75 Å². The van der Waals surface area contributed by atoms with Gasteiger partial charge in [-0.2, -0.15) is 0 Å². The van der Waals surface area contributed by atoms with Crippen molar-refractivity contribution in [3.05, 3.63) is 23.8 Å². The van der Waals surface area contributed by atoms with Gasteiger partial charge in [-0.1, -0.05) is 0 Å². The number of hydrogen-bond donors (Lipinski definition) is 2. The van der Waals surface area contributed by atoms with Crippen LogP contribution < -0.4 is 9.64 Å². The number of carboxylic acids is 2. The topological polar surface area (TPSA) is 87.1 Å². The lowest BCUT2D eigenvalue weighted by atomic mass is 10.0. The van der Waals surface area contributed by atoms with Crippen LogP contribution in [0, 0.1) is 0 Å². The van der Waals surface area contributed by atoms with Crippen molar-refractivity contribution in [2.24, 2.45) is 0 Å². The smallest absolute Gasteiger partial charge is 0.335 e. The summed E-state index contributed by atoms with van der Waals surface area (Å²) in [4.78, 5) is 23.6. The molecule has 0 bridgehead atoms. The maximum Gasteiger partial charge on any atom is 0.335 e. The molecule has 0 aromatic heterocycles. The highest BCUT2D eigenvalue weighted by Crippen LogP contribution is 2.36. The Morgan fingerprint density at radius 3 is 2.63 bits per heavy atom. The van der Waals surface area contributed by atoms with Crippen molar-refractivity contribution in [2.45, 2.75) is 25.5 Å². The van der Waals surface area contributed by atoms with Crippen molar-refractivity contribution in [3.63, 3.8) is 0 Å². The number of carbonyl (C=O) groups is 2. The largest absolute Gasteiger partial charge is 0.485 e. The number of aromatic carboxylic acids is 1. The highest BCUT2D eigenvalue weighted by Gasteiger charge is 2.32. The van der Waals surface area contributed by atoms with Crippen LogP contribution >= 0.6 is 0 Å². The molecule has 2 atom stereocenters. The van der Waals surface area contributed by atoms with Crippen LogP contribution in [0.1, 0.15) is 23.7 Å². The Morgan fingerprint density at radius 1 is 1.37 bits per heavy atom. The van der Waals surface area contributed by atoms with E-state index < -0.39 is 18.0 Å². The van der Waals surface area contributed by atoms with E-state index in [1.165, 1.54) is 12.1 Å². The molecule has 2 rings (SSSR count). The number of ether oxygens (including phenoxy) is 1. The molecular formula is C13H15NO5. The van der Waals surface area contributed by atoms with Crippen molar-refractivity contribution in [1.29, 1.82) is 0 Å². The third-order valence-electron chi connectivity index (χ3n) is 3.39. The van der Waals surface area contributed by atoms with Gasteiger partial charge >= 0.3 is 11.9 Å². The fraction of sp³-hybridized carbons (Fsp3) is 0.385. The van der Waals surface area contributed by atoms with Crippen LogP contribution in [-0.4, -0.2) is 41.3 Å². The summed E-state index contributed by atoms with van der Waals surface area (Å²) < 4.78 is 5.63. The number of fused-ring (bicyclic) bond motifs is 1. The normalized spacial score (nSPS) is 21.5. The van der Waals surface area contributed by atoms with Gasteiger partial charge in [-0.05, 0) is 25.1 Å². The van der Waals surface area contributed by atoms with Crippen molar-refractivity contribution >= 4 is 17.6 Å². The molecule has 2 unspecified atom stereocenters. The van der Waals surface area contributed by atoms with E-state index in [2.05, 4.69) is 0 Å². The molecule has 1 aliphatic rings. The first kappa shape index (κ1) is 13.2. The predicted octanol–water partition coefficient (Wildman–Crippen LogP) is 1.45. The van der Waals surface area contributed by atoms with Gasteiger partial charge < -0.3 is 19.8 Å². The number of aliphatic carboxylic acids is 1. The minimum absolute atomic E-state index is 0.0979. The molecule has 6 heteroatoms. The van der Waals surface area contributed by atoms with Crippen LogP contribution in [0.15, 0.2) is 18.2 Å². The number of nitrogens with zero attached hydrogens (tertiary/aromatic N) is 1. The average molecular weight is 265 g/mol. The van der Waals surface area contributed by atoms with E-state index in [1.54, 1.807) is 6.07 Å². The van der Waals surface area contributed by atoms with Gasteiger partial charge in [0.15, 0.2) is 0 Å². The lowest BCUT2D eigenvalue weighted by molar-refractivity contribution is -0.139. The first-order chi connectivity index (χ1) is 8.90. The molecule has 1 aromatic rings. The zero-order chi connectivity index (χ0) is 14.2. The molecule has 2 N–H and O–H groups in total. The number of hydrogen-bond acceptors (Lipinski definition) is 4. The minimum atomic E-state index is -1.04. The first-order valence-electron chi connectivity index (χ1n) is 5.88. The van der Waals surface area contributed by atoms with Crippen molar-refractivity contribution in [3.8, 4) is 5.75 Å². The summed E-state index contributed by atoms with van der Waals surface area (Å²) in [6.07, 6.45) is -0.624. The summed E-state index contributed by atoms with van der Waals surface area (Å²) in [7, 11) is 1.83. The molecule has 1 heterocycles. The van der Waals surface area contributed by atoms with Gasteiger partial charge in [0, 0.05) is 7.05 Å². The highest BCUT2D eigenvalue weighted by molar-refractivity contribution is 5.89. The molecule has 0 saturated carbocycles. The number of benzene rings is 1. The maximum atomic E-state index is 10.9. The van der Waals surface area contributed by atoms with Gasteiger partial charge in [0.25, 0.3) is 0 Å². The third-order valence-corrected chi connectivity index (χ3v) is 3.39. The molecule has 1 aromatic carbocycles. The van der Waals surface area contributed by atoms with Crippen LogP contribution in [0.5, 0.6) is 5.75 Å². The predicted molar refractivity (Wildman–Crippen MR) is 67.9 cm³/mol. The van der Waals surface area contributed by atoms with Crippen LogP contribution in [-0.2, 0) is 4.79 Å². The molecule has 0 saturated heterocycles. The van der Waals surface area contributed by atoms with E-state index in [1.807, 2.05) is 18.9 Å². The molecule has 0 radical (unpaired) electrons. The maximum absolute atomic E-state index is 10.9. The Balaban J connectivity index is 2.36. The minimum Gasteiger partial charge on any atom is -0.485 e. The summed E-state index contributed by atoms with van der Waals surface area (Å²) in [6, 6.07) is 4.51. The molecule has 1 aliphatic heterocycles. The summed E-state index contributed by atoms with van der Waals surface area (Å²) in [5.41, 5.74) is 0.884. The van der Waals surface area contributed by atoms with Crippen molar-refractivity contribution in [1.82, 2.24) is 0 Å². The molecule has 0 aliphatic carbocycles. The Labute approximate surface area is 110 Å². The van der Waals surface area contributed by atoms with E-state index >= 15 is 0 Å². The Hall–Kier alpha value is -2.24. The highest BCUT2D eigenvalue weighted by atomic mass is 16.5. The first-order valence-corrected chi connectivity index (χ1v) is 5.88. The molecule has 19 heavy (non-hydrogen) atoms. The zero-order valence-corrected chi connectivity index (χ0v) is 10.7. The van der Waals surface area contributed by atoms with Gasteiger partial charge in [-0.25, -0.2) is 4.79 Å². The van der Waals surface area contributed by atoms with Crippen molar-refractivity contribution < 1.29 is 24.5 Å². The Morgan fingerprint density at radius 2 is 2.05 bits per heavy atom. The standard InChI is InChI=1S/C13H15NO5/c1-7-10(6-12(15)16)19-11-5-8(13(17)18)3-4-9(11)14(7)2/h3-5,7,10H,6H2,1-2H3,(H,15,16)(H,17,18). The van der Waals surface area contributed by atoms with Gasteiger partial charge in [-0.15, -0.1) is 0 Å². The average Bonchev–Trinajstić information content (AvgIpc) is 2.34. The number of likely N-dealkylation sites (N-methyl/N-ethyl adjacent to an activating group) is 1. The van der Waals surface area contributed by atoms with Crippen LogP contribution in [0.25, 0.3) is 0 Å². The second kappa shape index (κ2) is 4.79. The van der Waals surface area contributed by atoms with E-state index in [4.69, 9.17) is 14.9 Å². The molecular weight excluding hydrogens is 250 g/mol. The van der Waals surface area contributed by atoms with E-state index in [-0.39, 0.29) is 18.0 Å². The molecule has 0 spiro atoms. The Kier molecular flexibility index (Phi) is 3.33. The summed E-state index contributed by atoms with van der Waals surface area (Å²) in [5, 5.41) is 17.8. The third kappa shape index (κ3) is 2.47. The zero-order valence-electron chi connectivity index (χ0n) is 10.7. The molecule has 6 nitrogen and oxygen atoms in total. The SMILES string of the molecule is CC1C(CC(=O)O)Oc2cc(C(=O)O)ccc2N1C. The van der Waals surface area contributed by atoms with Gasteiger partial charge in [-0.3, -0.25) is 4.79 Å². The molecule has 102 valence electrons. The second-order valence-corrected chi connectivity index (χ2v) is 4.59. The quantitative estimate of drug-likeness (QED) is 0.860. The lowest BCUT2D eigenvalue weighted by Gasteiger charge is -2.39. The number of rotatable bonds is 3. The lowest BCUT2D eigenvalue weighted by Crippen LogP contribution is -2.46. The van der Waals surface area contributed by atoms with Crippen LogP contribution in [0.2, 0.25) is 0 Å². The summed E-state index contributed by atoms with van der Waals surface area (Å²) in [6.45, 7) is 1.88. The van der Waals surface area contributed by atoms with Crippen LogP contribution in [0.3, 0.4) is 0 Å². The van der Waals surface area contributed by atoms with E-state index in [9.17, 15) is 9.59 Å².